The number of aryl methyl sites for hydroxylation is 1. The van der Waals surface area contributed by atoms with Crippen LogP contribution < -0.4 is 4.90 Å². The Morgan fingerprint density at radius 2 is 2.03 bits per heavy atom. The lowest BCUT2D eigenvalue weighted by molar-refractivity contribution is 0.175. The summed E-state index contributed by atoms with van der Waals surface area (Å²) in [6.45, 7) is 2.64. The molecule has 7 nitrogen and oxygen atoms in total. The number of imidazole rings is 1. The monoisotopic (exact) mass is 441 g/mol. The van der Waals surface area contributed by atoms with Gasteiger partial charge in [0.25, 0.3) is 0 Å². The Kier molecular flexibility index (Phi) is 5.38. The lowest BCUT2D eigenvalue weighted by atomic mass is 9.94. The molecule has 3 aromatic rings. The van der Waals surface area contributed by atoms with Gasteiger partial charge in [-0.3, -0.25) is 9.58 Å². The molecule has 164 valence electrons. The number of hydrogen-bond acceptors (Lipinski definition) is 4. The molecular formula is C23H28ClN5O2. The van der Waals surface area contributed by atoms with Crippen LogP contribution >= 0.6 is 11.6 Å². The fourth-order valence-electron chi connectivity index (χ4n) is 5.25. The molecule has 0 N–H and O–H groups in total. The minimum Gasteiger partial charge on any atom is -0.452 e. The summed E-state index contributed by atoms with van der Waals surface area (Å²) < 4.78 is 9.34. The van der Waals surface area contributed by atoms with Crippen molar-refractivity contribution in [2.75, 3.05) is 12.0 Å². The van der Waals surface area contributed by atoms with Gasteiger partial charge in [-0.1, -0.05) is 30.9 Å². The van der Waals surface area contributed by atoms with E-state index < -0.39 is 0 Å². The van der Waals surface area contributed by atoms with Gasteiger partial charge in [0, 0.05) is 23.8 Å². The topological polar surface area (TPSA) is 65.2 Å². The Balaban J connectivity index is 1.66. The van der Waals surface area contributed by atoms with Crippen LogP contribution in [-0.2, 0) is 17.7 Å². The molecule has 1 aromatic carbocycles. The standard InChI is InChI=1S/C23H28ClN5O2/c1-15-8-9-18-19(28(15)23(30)31-2)10-11-20-22(18)26-21(14-27-13-16(24)12-25-27)29(20)17-6-4-3-5-7-17/h10-13,15,17H,3-9,14H2,1-2H3/t15-/m0/s1. The average molecular weight is 442 g/mol. The maximum atomic E-state index is 12.5. The van der Waals surface area contributed by atoms with Gasteiger partial charge in [0.2, 0.25) is 0 Å². The summed E-state index contributed by atoms with van der Waals surface area (Å²) in [5, 5.41) is 5.00. The molecule has 1 aliphatic carbocycles. The summed E-state index contributed by atoms with van der Waals surface area (Å²) in [4.78, 5) is 19.4. The fourth-order valence-corrected chi connectivity index (χ4v) is 5.41. The molecule has 2 aliphatic rings. The first-order chi connectivity index (χ1) is 15.1. The zero-order valence-electron chi connectivity index (χ0n) is 18.1. The van der Waals surface area contributed by atoms with Crippen molar-refractivity contribution in [3.05, 3.63) is 40.9 Å². The average Bonchev–Trinajstić information content (AvgIpc) is 3.36. The van der Waals surface area contributed by atoms with Crippen LogP contribution in [0.4, 0.5) is 10.5 Å². The number of carbonyl (C=O) groups excluding carboxylic acids is 1. The first kappa shape index (κ1) is 20.4. The highest BCUT2D eigenvalue weighted by Crippen LogP contribution is 2.39. The number of anilines is 1. The molecule has 3 heterocycles. The number of aromatic nitrogens is 4. The highest BCUT2D eigenvalue weighted by Gasteiger charge is 2.32. The van der Waals surface area contributed by atoms with E-state index >= 15 is 0 Å². The molecule has 5 rings (SSSR count). The number of amides is 1. The predicted octanol–water partition coefficient (Wildman–Crippen LogP) is 5.35. The largest absolute Gasteiger partial charge is 0.452 e. The van der Waals surface area contributed by atoms with E-state index in [0.717, 1.165) is 41.0 Å². The van der Waals surface area contributed by atoms with Crippen molar-refractivity contribution in [3.8, 4) is 0 Å². The molecule has 31 heavy (non-hydrogen) atoms. The first-order valence-corrected chi connectivity index (χ1v) is 11.5. The first-order valence-electron chi connectivity index (χ1n) is 11.1. The lowest BCUT2D eigenvalue weighted by Crippen LogP contribution is -2.42. The summed E-state index contributed by atoms with van der Waals surface area (Å²) in [5.74, 6) is 0.998. The van der Waals surface area contributed by atoms with E-state index in [4.69, 9.17) is 21.3 Å². The van der Waals surface area contributed by atoms with E-state index in [1.54, 1.807) is 11.1 Å². The van der Waals surface area contributed by atoms with Gasteiger partial charge in [-0.05, 0) is 44.7 Å². The number of methoxy groups -OCH3 is 1. The molecule has 2 aromatic heterocycles. The Bertz CT molecular complexity index is 1110. The molecular weight excluding hydrogens is 414 g/mol. The summed E-state index contributed by atoms with van der Waals surface area (Å²) in [7, 11) is 1.44. The maximum absolute atomic E-state index is 12.5. The van der Waals surface area contributed by atoms with Crippen LogP contribution in [-0.4, -0.2) is 38.6 Å². The Morgan fingerprint density at radius 3 is 2.74 bits per heavy atom. The number of fused-ring (bicyclic) bond motifs is 3. The van der Waals surface area contributed by atoms with Gasteiger partial charge >= 0.3 is 6.09 Å². The molecule has 1 amide bonds. The highest BCUT2D eigenvalue weighted by molar-refractivity contribution is 6.30. The minimum absolute atomic E-state index is 0.100. The zero-order chi connectivity index (χ0) is 21.5. The van der Waals surface area contributed by atoms with Crippen LogP contribution in [0.1, 0.15) is 62.9 Å². The maximum Gasteiger partial charge on any atom is 0.414 e. The molecule has 1 fully saturated rings. The quantitative estimate of drug-likeness (QED) is 0.549. The van der Waals surface area contributed by atoms with Crippen LogP contribution in [0.5, 0.6) is 0 Å². The van der Waals surface area contributed by atoms with Crippen molar-refractivity contribution in [1.29, 1.82) is 0 Å². The molecule has 0 bridgehead atoms. The zero-order valence-corrected chi connectivity index (χ0v) is 18.8. The van der Waals surface area contributed by atoms with Crippen LogP contribution in [0, 0.1) is 0 Å². The van der Waals surface area contributed by atoms with Gasteiger partial charge < -0.3 is 9.30 Å². The number of carbonyl (C=O) groups is 1. The van der Waals surface area contributed by atoms with E-state index in [1.807, 2.05) is 10.9 Å². The number of rotatable bonds is 3. The second kappa shape index (κ2) is 8.19. The van der Waals surface area contributed by atoms with Gasteiger partial charge in [0.05, 0.1) is 41.6 Å². The Hall–Kier alpha value is -2.54. The van der Waals surface area contributed by atoms with Crippen molar-refractivity contribution in [3.63, 3.8) is 0 Å². The van der Waals surface area contributed by atoms with Crippen molar-refractivity contribution >= 4 is 34.4 Å². The predicted molar refractivity (Wildman–Crippen MR) is 121 cm³/mol. The minimum atomic E-state index is -0.314. The van der Waals surface area contributed by atoms with Gasteiger partial charge in [-0.25, -0.2) is 9.78 Å². The van der Waals surface area contributed by atoms with Crippen molar-refractivity contribution in [2.24, 2.45) is 0 Å². The van der Waals surface area contributed by atoms with E-state index in [0.29, 0.717) is 17.6 Å². The molecule has 1 saturated carbocycles. The van der Waals surface area contributed by atoms with E-state index in [1.165, 1.54) is 39.2 Å². The number of hydrogen-bond donors (Lipinski definition) is 0. The van der Waals surface area contributed by atoms with E-state index in [-0.39, 0.29) is 12.1 Å². The number of nitrogens with zero attached hydrogens (tertiary/aromatic N) is 5. The molecule has 1 atom stereocenters. The van der Waals surface area contributed by atoms with Crippen molar-refractivity contribution < 1.29 is 9.53 Å². The SMILES string of the molecule is COC(=O)N1c2ccc3c(nc(Cn4cc(Cl)cn4)n3C3CCCCC3)c2CC[C@@H]1C. The van der Waals surface area contributed by atoms with Crippen LogP contribution in [0.3, 0.4) is 0 Å². The lowest BCUT2D eigenvalue weighted by Gasteiger charge is -2.34. The molecule has 8 heteroatoms. The van der Waals surface area contributed by atoms with Crippen molar-refractivity contribution in [1.82, 2.24) is 19.3 Å². The third-order valence-corrected chi connectivity index (χ3v) is 6.94. The Labute approximate surface area is 186 Å². The Morgan fingerprint density at radius 1 is 1.23 bits per heavy atom. The molecule has 0 unspecified atom stereocenters. The number of benzene rings is 1. The normalized spacial score (nSPS) is 19.6. The summed E-state index contributed by atoms with van der Waals surface area (Å²) in [5.41, 5.74) is 4.20. The van der Waals surface area contributed by atoms with E-state index in [2.05, 4.69) is 28.7 Å². The second-order valence-corrected chi connectivity index (χ2v) is 9.14. The fraction of sp³-hybridized carbons (Fsp3) is 0.522. The third-order valence-electron chi connectivity index (χ3n) is 6.74. The third kappa shape index (κ3) is 3.59. The summed E-state index contributed by atoms with van der Waals surface area (Å²) in [6, 6.07) is 4.74. The van der Waals surface area contributed by atoms with Gasteiger partial charge in [-0.15, -0.1) is 0 Å². The summed E-state index contributed by atoms with van der Waals surface area (Å²) >= 11 is 6.10. The molecule has 0 saturated heterocycles. The van der Waals surface area contributed by atoms with Gasteiger partial charge in [0.15, 0.2) is 0 Å². The summed E-state index contributed by atoms with van der Waals surface area (Å²) in [6.07, 6.45) is 11.1. The molecule has 0 spiro atoms. The number of ether oxygens (including phenoxy) is 1. The smallest absolute Gasteiger partial charge is 0.414 e. The van der Waals surface area contributed by atoms with E-state index in [9.17, 15) is 4.79 Å². The van der Waals surface area contributed by atoms with Gasteiger partial charge in [-0.2, -0.15) is 5.10 Å². The highest BCUT2D eigenvalue weighted by atomic mass is 35.5. The number of halogens is 1. The van der Waals surface area contributed by atoms with Crippen LogP contribution in [0.25, 0.3) is 11.0 Å². The molecule has 1 aliphatic heterocycles. The van der Waals surface area contributed by atoms with Crippen LogP contribution in [0.2, 0.25) is 5.02 Å². The molecule has 0 radical (unpaired) electrons. The van der Waals surface area contributed by atoms with Gasteiger partial charge in [0.1, 0.15) is 5.82 Å². The second-order valence-electron chi connectivity index (χ2n) is 8.70. The van der Waals surface area contributed by atoms with Crippen molar-refractivity contribution in [2.45, 2.75) is 70.5 Å². The van der Waals surface area contributed by atoms with Crippen LogP contribution in [0.15, 0.2) is 24.5 Å².